The number of hydrogen-bond acceptors (Lipinski definition) is 4. The number of aromatic amines is 1. The van der Waals surface area contributed by atoms with Crippen molar-refractivity contribution in [2.24, 2.45) is 0 Å². The molecule has 1 aliphatic heterocycles. The topological polar surface area (TPSA) is 52.5 Å². The van der Waals surface area contributed by atoms with Gasteiger partial charge in [0, 0.05) is 32.7 Å². The molecule has 1 N–H and O–H groups in total. The van der Waals surface area contributed by atoms with Gasteiger partial charge in [-0.25, -0.2) is 4.79 Å². The second kappa shape index (κ2) is 7.60. The van der Waals surface area contributed by atoms with Crippen LogP contribution in [0.3, 0.4) is 0 Å². The molecule has 5 rings (SSSR count). The SMILES string of the molecule is [2H]c1c([2H])c([2H])c(-c2cccc(CN3CCN(c4c([2H])c([2H])c([2H])c5[nH]c(=O)oc45)CC3)c2)c([2H])c1[2H]. The summed E-state index contributed by atoms with van der Waals surface area (Å²) in [5, 5.41) is 0. The van der Waals surface area contributed by atoms with E-state index >= 15 is 0 Å². The molecular formula is C24H23N3O2. The Morgan fingerprint density at radius 2 is 1.79 bits per heavy atom. The Hall–Kier alpha value is -3.31. The van der Waals surface area contributed by atoms with Crippen LogP contribution in [-0.2, 0) is 6.54 Å². The first-order valence-electron chi connectivity index (χ1n) is 13.3. The molecule has 1 saturated heterocycles. The standard InChI is InChI=1S/C24H23N3O2/c28-24-25-21-10-5-11-22(23(21)29-24)27-14-12-26(13-15-27)17-18-6-4-9-20(16-18)19-7-2-1-3-8-19/h1-11,16H,12-15,17H2,(H,25,28)/i1D,2D,3D,5D,7D,8D,10D,11D. The molecule has 0 aliphatic carbocycles. The van der Waals surface area contributed by atoms with E-state index in [-0.39, 0.29) is 59.0 Å². The van der Waals surface area contributed by atoms with Gasteiger partial charge in [0.2, 0.25) is 0 Å². The number of H-pyrrole nitrogens is 1. The molecular weight excluding hydrogens is 362 g/mol. The molecule has 0 saturated carbocycles. The molecule has 29 heavy (non-hydrogen) atoms. The lowest BCUT2D eigenvalue weighted by Gasteiger charge is -2.36. The molecule has 5 heteroatoms. The van der Waals surface area contributed by atoms with Crippen LogP contribution >= 0.6 is 0 Å². The molecule has 0 amide bonds. The molecule has 0 atom stereocenters. The van der Waals surface area contributed by atoms with Gasteiger partial charge in [-0.3, -0.25) is 9.88 Å². The fourth-order valence-corrected chi connectivity index (χ4v) is 3.62. The van der Waals surface area contributed by atoms with Gasteiger partial charge in [-0.2, -0.15) is 0 Å². The monoisotopic (exact) mass is 393 g/mol. The lowest BCUT2D eigenvalue weighted by atomic mass is 10.0. The zero-order valence-electron chi connectivity index (χ0n) is 23.6. The van der Waals surface area contributed by atoms with Crippen LogP contribution in [-0.4, -0.2) is 36.1 Å². The van der Waals surface area contributed by atoms with Crippen molar-refractivity contribution in [1.29, 1.82) is 0 Å². The first-order chi connectivity index (χ1) is 17.6. The summed E-state index contributed by atoms with van der Waals surface area (Å²) in [5.41, 5.74) is 2.21. The number of para-hydroxylation sites is 1. The van der Waals surface area contributed by atoms with E-state index in [0.29, 0.717) is 44.0 Å². The van der Waals surface area contributed by atoms with Crippen molar-refractivity contribution in [3.63, 3.8) is 0 Å². The third kappa shape index (κ3) is 3.69. The number of anilines is 1. The Morgan fingerprint density at radius 1 is 0.966 bits per heavy atom. The van der Waals surface area contributed by atoms with Crippen molar-refractivity contribution >= 4 is 16.8 Å². The molecule has 0 spiro atoms. The minimum absolute atomic E-state index is 0.118. The highest BCUT2D eigenvalue weighted by Crippen LogP contribution is 2.26. The number of nitrogens with zero attached hydrogens (tertiary/aromatic N) is 2. The average molecular weight is 394 g/mol. The summed E-state index contributed by atoms with van der Waals surface area (Å²) in [6, 6.07) is 4.99. The van der Waals surface area contributed by atoms with Crippen molar-refractivity contribution in [3.05, 3.63) is 88.7 Å². The van der Waals surface area contributed by atoms with E-state index in [0.717, 1.165) is 5.56 Å². The summed E-state index contributed by atoms with van der Waals surface area (Å²) in [5.74, 6) is -0.729. The number of hydrogen-bond donors (Lipinski definition) is 1. The summed E-state index contributed by atoms with van der Waals surface area (Å²) in [4.78, 5) is 18.3. The number of nitrogens with one attached hydrogen (secondary N) is 1. The first kappa shape index (κ1) is 11.0. The zero-order valence-corrected chi connectivity index (χ0v) is 15.6. The number of oxazole rings is 1. The van der Waals surface area contributed by atoms with E-state index in [4.69, 9.17) is 15.4 Å². The van der Waals surface area contributed by atoms with Crippen LogP contribution in [0, 0.1) is 0 Å². The van der Waals surface area contributed by atoms with Gasteiger partial charge < -0.3 is 9.32 Å². The normalized spacial score (nSPS) is 19.0. The molecule has 3 aromatic carbocycles. The van der Waals surface area contributed by atoms with Gasteiger partial charge >= 0.3 is 5.76 Å². The summed E-state index contributed by atoms with van der Waals surface area (Å²) < 4.78 is 69.9. The van der Waals surface area contributed by atoms with Crippen LogP contribution in [0.25, 0.3) is 22.2 Å². The van der Waals surface area contributed by atoms with Gasteiger partial charge in [-0.05, 0) is 34.8 Å². The minimum Gasteiger partial charge on any atom is -0.406 e. The second-order valence-electron chi connectivity index (χ2n) is 6.91. The number of benzene rings is 3. The van der Waals surface area contributed by atoms with Crippen LogP contribution in [0.5, 0.6) is 0 Å². The van der Waals surface area contributed by atoms with Gasteiger partial charge in [-0.1, -0.05) is 54.5 Å². The molecule has 1 aliphatic rings. The molecule has 5 nitrogen and oxygen atoms in total. The predicted octanol–water partition coefficient (Wildman–Crippen LogP) is 4.11. The highest BCUT2D eigenvalue weighted by molar-refractivity contribution is 5.86. The van der Waals surface area contributed by atoms with E-state index in [1.54, 1.807) is 12.1 Å². The maximum Gasteiger partial charge on any atom is 0.417 e. The molecule has 0 unspecified atom stereocenters. The van der Waals surface area contributed by atoms with Crippen LogP contribution < -0.4 is 10.7 Å². The fourth-order valence-electron chi connectivity index (χ4n) is 3.62. The van der Waals surface area contributed by atoms with Crippen molar-refractivity contribution < 1.29 is 15.4 Å². The second-order valence-corrected chi connectivity index (χ2v) is 6.91. The highest BCUT2D eigenvalue weighted by atomic mass is 16.4. The Labute approximate surface area is 180 Å². The van der Waals surface area contributed by atoms with Crippen molar-refractivity contribution in [2.45, 2.75) is 6.54 Å². The van der Waals surface area contributed by atoms with Crippen molar-refractivity contribution in [2.75, 3.05) is 31.1 Å². The van der Waals surface area contributed by atoms with Crippen molar-refractivity contribution in [1.82, 2.24) is 9.88 Å². The first-order valence-corrected chi connectivity index (χ1v) is 9.34. The van der Waals surface area contributed by atoms with Gasteiger partial charge in [0.25, 0.3) is 0 Å². The Bertz CT molecular complexity index is 1560. The Kier molecular flexibility index (Phi) is 2.89. The molecule has 0 bridgehead atoms. The van der Waals surface area contributed by atoms with E-state index in [1.807, 2.05) is 17.0 Å². The smallest absolute Gasteiger partial charge is 0.406 e. The van der Waals surface area contributed by atoms with Crippen LogP contribution in [0.4, 0.5) is 5.69 Å². The summed E-state index contributed by atoms with van der Waals surface area (Å²) >= 11 is 0. The van der Waals surface area contributed by atoms with Gasteiger partial charge in [-0.15, -0.1) is 0 Å². The third-order valence-corrected chi connectivity index (χ3v) is 5.04. The number of fused-ring (bicyclic) bond motifs is 1. The van der Waals surface area contributed by atoms with Crippen LogP contribution in [0.2, 0.25) is 0 Å². The summed E-state index contributed by atoms with van der Waals surface area (Å²) in [7, 11) is 0. The maximum absolute atomic E-state index is 11.8. The molecule has 4 aromatic rings. The highest BCUT2D eigenvalue weighted by Gasteiger charge is 2.20. The molecule has 1 aromatic heterocycles. The van der Waals surface area contributed by atoms with E-state index < -0.39 is 11.8 Å². The Balaban J connectivity index is 1.36. The Morgan fingerprint density at radius 3 is 2.62 bits per heavy atom. The third-order valence-electron chi connectivity index (χ3n) is 5.04. The lowest BCUT2D eigenvalue weighted by Crippen LogP contribution is -2.46. The average Bonchev–Trinajstić information content (AvgIpc) is 3.27. The van der Waals surface area contributed by atoms with Crippen LogP contribution in [0.15, 0.2) is 81.8 Å². The quantitative estimate of drug-likeness (QED) is 0.567. The van der Waals surface area contributed by atoms with E-state index in [1.165, 1.54) is 0 Å². The molecule has 1 fully saturated rings. The number of piperazine rings is 1. The van der Waals surface area contributed by atoms with Gasteiger partial charge in [0.05, 0.1) is 22.2 Å². The predicted molar refractivity (Wildman–Crippen MR) is 116 cm³/mol. The van der Waals surface area contributed by atoms with E-state index in [2.05, 4.69) is 9.88 Å². The largest absolute Gasteiger partial charge is 0.417 e. The molecule has 0 radical (unpaired) electrons. The zero-order chi connectivity index (χ0) is 26.6. The maximum atomic E-state index is 11.8. The number of aromatic nitrogens is 1. The van der Waals surface area contributed by atoms with E-state index in [9.17, 15) is 4.79 Å². The van der Waals surface area contributed by atoms with Crippen molar-refractivity contribution in [3.8, 4) is 11.1 Å². The fraction of sp³-hybridized carbons (Fsp3) is 0.208. The summed E-state index contributed by atoms with van der Waals surface area (Å²) in [6.45, 7) is 2.82. The van der Waals surface area contributed by atoms with Gasteiger partial charge in [0.15, 0.2) is 5.58 Å². The van der Waals surface area contributed by atoms with Gasteiger partial charge in [0.1, 0.15) is 0 Å². The lowest BCUT2D eigenvalue weighted by molar-refractivity contribution is 0.250. The van der Waals surface area contributed by atoms with Crippen LogP contribution in [0.1, 0.15) is 16.5 Å². The summed E-state index contributed by atoms with van der Waals surface area (Å²) in [6.07, 6.45) is 0. The molecule has 146 valence electrons. The minimum atomic E-state index is -0.729. The molecule has 2 heterocycles. The number of rotatable bonds is 4.